The zero-order chi connectivity index (χ0) is 11.5. The minimum Gasteiger partial charge on any atom is -0.315 e. The van der Waals surface area contributed by atoms with Gasteiger partial charge in [0.2, 0.25) is 0 Å². The molecule has 0 saturated heterocycles. The maximum atomic E-state index is 3.49. The summed E-state index contributed by atoms with van der Waals surface area (Å²) in [7, 11) is 2.24. The third-order valence-corrected chi connectivity index (χ3v) is 3.47. The molecule has 0 radical (unpaired) electrons. The van der Waals surface area contributed by atoms with Gasteiger partial charge in [-0.25, -0.2) is 0 Å². The van der Waals surface area contributed by atoms with Crippen molar-refractivity contribution < 1.29 is 0 Å². The molecule has 1 N–H and O–H groups in total. The Balaban J connectivity index is 1.97. The molecule has 0 aromatic heterocycles. The van der Waals surface area contributed by atoms with Crippen LogP contribution in [-0.2, 0) is 0 Å². The summed E-state index contributed by atoms with van der Waals surface area (Å²) < 4.78 is 0. The number of hydrogen-bond donors (Lipinski definition) is 1. The highest BCUT2D eigenvalue weighted by molar-refractivity contribution is 4.96. The van der Waals surface area contributed by atoms with Gasteiger partial charge in [-0.3, -0.25) is 0 Å². The van der Waals surface area contributed by atoms with E-state index < -0.39 is 0 Å². The van der Waals surface area contributed by atoms with E-state index in [4.69, 9.17) is 0 Å². The summed E-state index contributed by atoms with van der Waals surface area (Å²) in [6.45, 7) is 14.0. The average molecular weight is 212 g/mol. The first-order valence-electron chi connectivity index (χ1n) is 6.31. The number of likely N-dealkylation sites (N-methyl/N-ethyl adjacent to an activating group) is 1. The minimum atomic E-state index is 0.625. The second kappa shape index (κ2) is 5.31. The van der Waals surface area contributed by atoms with Gasteiger partial charge in [-0.1, -0.05) is 27.7 Å². The van der Waals surface area contributed by atoms with Crippen molar-refractivity contribution in [3.63, 3.8) is 0 Å². The molecule has 0 aromatic rings. The van der Waals surface area contributed by atoms with Gasteiger partial charge in [0.15, 0.2) is 0 Å². The normalized spacial score (nSPS) is 23.8. The first-order chi connectivity index (χ1) is 6.92. The lowest BCUT2D eigenvalue weighted by Crippen LogP contribution is -2.32. The highest BCUT2D eigenvalue weighted by atomic mass is 15.1. The number of hydrogen-bond acceptors (Lipinski definition) is 2. The Labute approximate surface area is 95.4 Å². The molecule has 0 spiro atoms. The quantitative estimate of drug-likeness (QED) is 0.651. The van der Waals surface area contributed by atoms with Gasteiger partial charge in [0.1, 0.15) is 0 Å². The van der Waals surface area contributed by atoms with Gasteiger partial charge in [-0.2, -0.15) is 0 Å². The lowest BCUT2D eigenvalue weighted by Gasteiger charge is -2.18. The number of nitrogens with zero attached hydrogens (tertiary/aromatic N) is 1. The van der Waals surface area contributed by atoms with Gasteiger partial charge >= 0.3 is 0 Å². The van der Waals surface area contributed by atoms with Gasteiger partial charge in [0.25, 0.3) is 0 Å². The van der Waals surface area contributed by atoms with Gasteiger partial charge < -0.3 is 10.2 Å². The van der Waals surface area contributed by atoms with Crippen molar-refractivity contribution in [1.29, 1.82) is 0 Å². The molecule has 1 aliphatic carbocycles. The van der Waals surface area contributed by atoms with Crippen LogP contribution in [0.15, 0.2) is 0 Å². The molecule has 90 valence electrons. The Bertz CT molecular complexity index is 187. The monoisotopic (exact) mass is 212 g/mol. The Morgan fingerprint density at radius 1 is 1.40 bits per heavy atom. The Hall–Kier alpha value is -0.0800. The van der Waals surface area contributed by atoms with Crippen molar-refractivity contribution in [1.82, 2.24) is 10.2 Å². The summed E-state index contributed by atoms with van der Waals surface area (Å²) in [5.74, 6) is 1.70. The number of nitrogens with one attached hydrogen (secondary N) is 1. The lowest BCUT2D eigenvalue weighted by atomic mass is 10.1. The van der Waals surface area contributed by atoms with Crippen LogP contribution >= 0.6 is 0 Å². The van der Waals surface area contributed by atoms with Gasteiger partial charge in [-0.15, -0.1) is 0 Å². The first-order valence-corrected chi connectivity index (χ1v) is 6.31. The van der Waals surface area contributed by atoms with Crippen molar-refractivity contribution in [2.45, 2.75) is 34.1 Å². The third-order valence-electron chi connectivity index (χ3n) is 3.47. The zero-order valence-corrected chi connectivity index (χ0v) is 11.1. The highest BCUT2D eigenvalue weighted by Gasteiger charge is 2.45. The summed E-state index contributed by atoms with van der Waals surface area (Å²) in [4.78, 5) is 2.47. The van der Waals surface area contributed by atoms with Gasteiger partial charge in [-0.05, 0) is 37.3 Å². The molecule has 0 aliphatic heterocycles. The van der Waals surface area contributed by atoms with Crippen LogP contribution in [0.25, 0.3) is 0 Å². The van der Waals surface area contributed by atoms with Crippen LogP contribution in [0.1, 0.15) is 34.1 Å². The fourth-order valence-electron chi connectivity index (χ4n) is 2.02. The van der Waals surface area contributed by atoms with Crippen LogP contribution in [-0.4, -0.2) is 38.1 Å². The van der Waals surface area contributed by atoms with E-state index >= 15 is 0 Å². The summed E-state index contributed by atoms with van der Waals surface area (Å²) >= 11 is 0. The van der Waals surface area contributed by atoms with Crippen molar-refractivity contribution in [3.05, 3.63) is 0 Å². The largest absolute Gasteiger partial charge is 0.315 e. The second-order valence-corrected chi connectivity index (χ2v) is 6.25. The molecule has 1 fully saturated rings. The average Bonchev–Trinajstić information content (AvgIpc) is 2.67. The third kappa shape index (κ3) is 4.98. The van der Waals surface area contributed by atoms with Crippen LogP contribution in [0.4, 0.5) is 0 Å². The molecule has 15 heavy (non-hydrogen) atoms. The first kappa shape index (κ1) is 13.0. The van der Waals surface area contributed by atoms with Crippen LogP contribution in [0.2, 0.25) is 0 Å². The van der Waals surface area contributed by atoms with Crippen LogP contribution in [0.5, 0.6) is 0 Å². The molecule has 1 saturated carbocycles. The molecule has 0 amide bonds. The van der Waals surface area contributed by atoms with Crippen molar-refractivity contribution >= 4 is 0 Å². The van der Waals surface area contributed by atoms with Crippen molar-refractivity contribution in [3.8, 4) is 0 Å². The van der Waals surface area contributed by atoms with E-state index in [-0.39, 0.29) is 0 Å². The molecule has 1 atom stereocenters. The van der Waals surface area contributed by atoms with E-state index in [1.807, 2.05) is 0 Å². The van der Waals surface area contributed by atoms with E-state index in [1.165, 1.54) is 19.5 Å². The predicted molar refractivity (Wildman–Crippen MR) is 67.1 cm³/mol. The topological polar surface area (TPSA) is 15.3 Å². The maximum absolute atomic E-state index is 3.49. The zero-order valence-electron chi connectivity index (χ0n) is 11.1. The minimum absolute atomic E-state index is 0.625. The number of rotatable bonds is 7. The summed E-state index contributed by atoms with van der Waals surface area (Å²) in [5.41, 5.74) is 0.625. The van der Waals surface area contributed by atoms with Gasteiger partial charge in [0, 0.05) is 19.6 Å². The SMILES string of the molecule is CC(C)CNCCN(C)CC1CC1(C)C. The van der Waals surface area contributed by atoms with Crippen LogP contribution < -0.4 is 5.32 Å². The lowest BCUT2D eigenvalue weighted by molar-refractivity contribution is 0.299. The Kier molecular flexibility index (Phi) is 4.60. The Morgan fingerprint density at radius 3 is 2.47 bits per heavy atom. The fourth-order valence-corrected chi connectivity index (χ4v) is 2.02. The summed E-state index contributed by atoms with van der Waals surface area (Å²) in [6, 6.07) is 0. The van der Waals surface area contributed by atoms with E-state index in [9.17, 15) is 0 Å². The molecular weight excluding hydrogens is 184 g/mol. The van der Waals surface area contributed by atoms with Crippen molar-refractivity contribution in [2.24, 2.45) is 17.3 Å². The van der Waals surface area contributed by atoms with E-state index in [2.05, 4.69) is 45.0 Å². The molecule has 1 aliphatic rings. The summed E-state index contributed by atoms with van der Waals surface area (Å²) in [6.07, 6.45) is 1.41. The molecular formula is C13H28N2. The van der Waals surface area contributed by atoms with Crippen molar-refractivity contribution in [2.75, 3.05) is 33.2 Å². The van der Waals surface area contributed by atoms with Crippen LogP contribution in [0, 0.1) is 17.3 Å². The molecule has 0 heterocycles. The van der Waals surface area contributed by atoms with Gasteiger partial charge in [0.05, 0.1) is 0 Å². The molecule has 0 aromatic carbocycles. The molecule has 2 heteroatoms. The smallest absolute Gasteiger partial charge is 0.0104 e. The highest BCUT2D eigenvalue weighted by Crippen LogP contribution is 2.51. The van der Waals surface area contributed by atoms with E-state index in [1.54, 1.807) is 0 Å². The second-order valence-electron chi connectivity index (χ2n) is 6.25. The molecule has 0 bridgehead atoms. The maximum Gasteiger partial charge on any atom is 0.0104 e. The molecule has 1 rings (SSSR count). The van der Waals surface area contributed by atoms with E-state index in [0.29, 0.717) is 5.41 Å². The van der Waals surface area contributed by atoms with Crippen LogP contribution in [0.3, 0.4) is 0 Å². The predicted octanol–water partition coefficient (Wildman–Crippen LogP) is 2.21. The van der Waals surface area contributed by atoms with E-state index in [0.717, 1.165) is 24.9 Å². The Morgan fingerprint density at radius 2 is 2.00 bits per heavy atom. The summed E-state index contributed by atoms with van der Waals surface area (Å²) in [5, 5.41) is 3.49. The molecule has 2 nitrogen and oxygen atoms in total. The standard InChI is InChI=1S/C13H28N2/c1-11(2)9-14-6-7-15(5)10-12-8-13(12,3)4/h11-12,14H,6-10H2,1-5H3. The molecule has 1 unspecified atom stereocenters. The fraction of sp³-hybridized carbons (Fsp3) is 1.00.